The van der Waals surface area contributed by atoms with E-state index in [0.717, 1.165) is 12.8 Å². The molecule has 1 aromatic carbocycles. The highest BCUT2D eigenvalue weighted by Crippen LogP contribution is 2.46. The van der Waals surface area contributed by atoms with E-state index >= 15 is 0 Å². The van der Waals surface area contributed by atoms with E-state index in [1.165, 1.54) is 4.68 Å². The van der Waals surface area contributed by atoms with Crippen molar-refractivity contribution in [2.45, 2.75) is 95.3 Å². The normalized spacial score (nSPS) is 19.2. The van der Waals surface area contributed by atoms with E-state index in [-0.39, 0.29) is 55.1 Å². The third-order valence-electron chi connectivity index (χ3n) is 8.15. The molecular weight excluding hydrogens is 561 g/mol. The van der Waals surface area contributed by atoms with E-state index in [4.69, 9.17) is 15.1 Å². The Morgan fingerprint density at radius 3 is 2.38 bits per heavy atom. The molecule has 2 heterocycles. The molecule has 0 spiro atoms. The lowest BCUT2D eigenvalue weighted by molar-refractivity contribution is -0.144. The largest absolute Gasteiger partial charge is 0.440 e. The average Bonchev–Trinajstić information content (AvgIpc) is 3.50. The summed E-state index contributed by atoms with van der Waals surface area (Å²) in [6.45, 7) is 3.69. The van der Waals surface area contributed by atoms with Gasteiger partial charge in [0.2, 0.25) is 17.7 Å². The van der Waals surface area contributed by atoms with Gasteiger partial charge in [-0.15, -0.1) is 0 Å². The molecule has 2 aromatic heterocycles. The lowest BCUT2D eigenvalue weighted by atomic mass is 9.77. The zero-order chi connectivity index (χ0) is 30.4. The Hall–Kier alpha value is -3.51. The number of nitrogens with two attached hydrogens (primary N) is 1. The topological polar surface area (TPSA) is 116 Å². The second-order valence-electron chi connectivity index (χ2n) is 11.8. The number of fused-ring (bicyclic) bond motifs is 1. The molecule has 2 atom stereocenters. The third kappa shape index (κ3) is 6.75. The maximum Gasteiger partial charge on any atom is 0.389 e. The lowest BCUT2D eigenvalue weighted by Crippen LogP contribution is -2.30. The van der Waals surface area contributed by atoms with Crippen molar-refractivity contribution in [3.05, 3.63) is 47.1 Å². The van der Waals surface area contributed by atoms with Gasteiger partial charge in [-0.3, -0.25) is 14.3 Å². The minimum absolute atomic E-state index is 0.104. The van der Waals surface area contributed by atoms with Crippen molar-refractivity contribution in [3.8, 4) is 0 Å². The molecule has 42 heavy (non-hydrogen) atoms. The van der Waals surface area contributed by atoms with Gasteiger partial charge in [-0.25, -0.2) is 13.8 Å². The van der Waals surface area contributed by atoms with E-state index < -0.39 is 48.7 Å². The number of hydrogen-bond donors (Lipinski definition) is 2. The van der Waals surface area contributed by atoms with E-state index in [9.17, 15) is 31.5 Å². The Labute approximate surface area is 239 Å². The van der Waals surface area contributed by atoms with Crippen LogP contribution in [0.4, 0.5) is 22.0 Å². The summed E-state index contributed by atoms with van der Waals surface area (Å²) in [6, 6.07) is 6.09. The molecular formula is C29H34F5N5O3. The first-order valence-corrected chi connectivity index (χ1v) is 14.2. The van der Waals surface area contributed by atoms with Crippen LogP contribution >= 0.6 is 0 Å². The first kappa shape index (κ1) is 30.0. The number of oxazole rings is 1. The summed E-state index contributed by atoms with van der Waals surface area (Å²) >= 11 is 0. The molecule has 2 unspecified atom stereocenters. The number of amides is 2. The SMILES string of the molecule is CC(C)n1nc(C(c2nc3cc(C(NC(=O)CCC(F)(F)F)C4CC4)ccc3o2)C2CCC(F)(F)CC2)cc1C(N)=O. The van der Waals surface area contributed by atoms with Gasteiger partial charge in [0.25, 0.3) is 5.91 Å². The standard InChI is InChI=1S/C29H34F5N5O3/c1-15(2)39-21(26(35)41)14-20(38-39)24(16-7-10-28(30,31)11-8-16)27-36-19-13-18(5-6-22(19)42-27)25(17-3-4-17)37-23(40)9-12-29(32,33)34/h5-6,13-17,24-25H,3-4,7-12H2,1-2H3,(H2,35,41)(H,37,40). The Kier molecular flexibility index (Phi) is 8.06. The van der Waals surface area contributed by atoms with Crippen LogP contribution in [0.1, 0.15) is 111 Å². The number of carbonyl (C=O) groups excluding carboxylic acids is 2. The summed E-state index contributed by atoms with van der Waals surface area (Å²) in [5, 5.41) is 7.39. The van der Waals surface area contributed by atoms with Gasteiger partial charge in [0, 0.05) is 25.3 Å². The lowest BCUT2D eigenvalue weighted by Gasteiger charge is -2.31. The van der Waals surface area contributed by atoms with Crippen LogP contribution in [-0.4, -0.2) is 38.7 Å². The molecule has 13 heteroatoms. The van der Waals surface area contributed by atoms with Crippen LogP contribution in [0.2, 0.25) is 0 Å². The fourth-order valence-electron chi connectivity index (χ4n) is 5.80. The smallest absolute Gasteiger partial charge is 0.389 e. The molecule has 2 fully saturated rings. The first-order chi connectivity index (χ1) is 19.7. The zero-order valence-corrected chi connectivity index (χ0v) is 23.4. The van der Waals surface area contributed by atoms with E-state index in [1.54, 1.807) is 24.3 Å². The van der Waals surface area contributed by atoms with Crippen LogP contribution in [0.5, 0.6) is 0 Å². The predicted molar refractivity (Wildman–Crippen MR) is 143 cm³/mol. The van der Waals surface area contributed by atoms with Gasteiger partial charge in [0.05, 0.1) is 24.1 Å². The maximum absolute atomic E-state index is 14.1. The van der Waals surface area contributed by atoms with Gasteiger partial charge in [0.1, 0.15) is 11.2 Å². The Morgan fingerprint density at radius 1 is 1.12 bits per heavy atom. The Bertz CT molecular complexity index is 1450. The van der Waals surface area contributed by atoms with Crippen molar-refractivity contribution >= 4 is 22.9 Å². The summed E-state index contributed by atoms with van der Waals surface area (Å²) in [6.07, 6.45) is -4.76. The van der Waals surface area contributed by atoms with Crippen molar-refractivity contribution in [2.24, 2.45) is 17.6 Å². The summed E-state index contributed by atoms with van der Waals surface area (Å²) in [5.74, 6) is -4.62. The van der Waals surface area contributed by atoms with Gasteiger partial charge < -0.3 is 15.5 Å². The summed E-state index contributed by atoms with van der Waals surface area (Å²) in [5.41, 5.74) is 7.83. The van der Waals surface area contributed by atoms with Crippen molar-refractivity contribution in [3.63, 3.8) is 0 Å². The van der Waals surface area contributed by atoms with E-state index in [1.807, 2.05) is 13.8 Å². The van der Waals surface area contributed by atoms with Crippen molar-refractivity contribution in [2.75, 3.05) is 0 Å². The molecule has 0 aliphatic heterocycles. The van der Waals surface area contributed by atoms with Crippen molar-refractivity contribution < 1.29 is 36.0 Å². The molecule has 0 radical (unpaired) electrons. The van der Waals surface area contributed by atoms with E-state index in [2.05, 4.69) is 10.4 Å². The Balaban J connectivity index is 1.48. The van der Waals surface area contributed by atoms with Gasteiger partial charge >= 0.3 is 6.18 Å². The number of carbonyl (C=O) groups is 2. The molecule has 3 N–H and O–H groups in total. The minimum atomic E-state index is -4.42. The van der Waals surface area contributed by atoms with Crippen molar-refractivity contribution in [1.82, 2.24) is 20.1 Å². The molecule has 0 bridgehead atoms. The fraction of sp³-hybridized carbons (Fsp3) is 0.586. The van der Waals surface area contributed by atoms with Crippen LogP contribution in [0.25, 0.3) is 11.1 Å². The second kappa shape index (κ2) is 11.3. The quantitative estimate of drug-likeness (QED) is 0.257. The summed E-state index contributed by atoms with van der Waals surface area (Å²) in [7, 11) is 0. The summed E-state index contributed by atoms with van der Waals surface area (Å²) < 4.78 is 73.7. The molecule has 228 valence electrons. The molecule has 0 saturated heterocycles. The highest BCUT2D eigenvalue weighted by atomic mass is 19.4. The molecule has 2 saturated carbocycles. The number of benzene rings is 1. The van der Waals surface area contributed by atoms with Crippen LogP contribution in [0, 0.1) is 11.8 Å². The highest BCUT2D eigenvalue weighted by Gasteiger charge is 2.42. The number of nitrogens with one attached hydrogen (secondary N) is 1. The monoisotopic (exact) mass is 595 g/mol. The highest BCUT2D eigenvalue weighted by molar-refractivity contribution is 5.91. The molecule has 2 aliphatic carbocycles. The van der Waals surface area contributed by atoms with Gasteiger partial charge in [0.15, 0.2) is 5.58 Å². The van der Waals surface area contributed by atoms with Gasteiger partial charge in [-0.05, 0) is 75.1 Å². The number of rotatable bonds is 10. The summed E-state index contributed by atoms with van der Waals surface area (Å²) in [4.78, 5) is 29.2. The molecule has 5 rings (SSSR count). The minimum Gasteiger partial charge on any atom is -0.440 e. The van der Waals surface area contributed by atoms with Crippen molar-refractivity contribution in [1.29, 1.82) is 0 Å². The maximum atomic E-state index is 14.1. The second-order valence-corrected chi connectivity index (χ2v) is 11.8. The van der Waals surface area contributed by atoms with Crippen LogP contribution in [0.15, 0.2) is 28.7 Å². The van der Waals surface area contributed by atoms with Crippen LogP contribution in [-0.2, 0) is 4.79 Å². The zero-order valence-electron chi connectivity index (χ0n) is 23.4. The number of halogens is 5. The number of primary amides is 1. The fourth-order valence-corrected chi connectivity index (χ4v) is 5.80. The average molecular weight is 596 g/mol. The molecule has 2 amide bonds. The van der Waals surface area contributed by atoms with E-state index in [0.29, 0.717) is 22.4 Å². The molecule has 2 aliphatic rings. The van der Waals surface area contributed by atoms with Crippen LogP contribution in [0.3, 0.4) is 0 Å². The Morgan fingerprint density at radius 2 is 1.81 bits per heavy atom. The number of alkyl halides is 5. The van der Waals surface area contributed by atoms with Crippen LogP contribution < -0.4 is 11.1 Å². The molecule has 8 nitrogen and oxygen atoms in total. The third-order valence-corrected chi connectivity index (χ3v) is 8.15. The number of aromatic nitrogens is 3. The predicted octanol–water partition coefficient (Wildman–Crippen LogP) is 6.57. The molecule has 3 aromatic rings. The van der Waals surface area contributed by atoms with Gasteiger partial charge in [-0.1, -0.05) is 6.07 Å². The number of hydrogen-bond acceptors (Lipinski definition) is 5. The first-order valence-electron chi connectivity index (χ1n) is 14.2. The van der Waals surface area contributed by atoms with Gasteiger partial charge in [-0.2, -0.15) is 18.3 Å². The number of nitrogens with zero attached hydrogens (tertiary/aromatic N) is 3.